The van der Waals surface area contributed by atoms with Crippen molar-refractivity contribution in [3.8, 4) is 0 Å². The van der Waals surface area contributed by atoms with Gasteiger partial charge in [-0.05, 0) is 33.1 Å². The second kappa shape index (κ2) is 6.66. The third-order valence-corrected chi connectivity index (χ3v) is 2.79. The standard InChI is InChI=1S/C13H15F3N2O3/c1-17(2)5-3-4-12(19)9-6-10(13(14,15)16)8-11(7-9)18(20)21/h6-8H,3-5H2,1-2H3. The van der Waals surface area contributed by atoms with E-state index in [1.165, 1.54) is 0 Å². The van der Waals surface area contributed by atoms with E-state index in [1.807, 2.05) is 4.90 Å². The number of alkyl halides is 3. The monoisotopic (exact) mass is 304 g/mol. The van der Waals surface area contributed by atoms with Crippen LogP contribution in [0.3, 0.4) is 0 Å². The molecule has 0 radical (unpaired) electrons. The lowest BCUT2D eigenvalue weighted by Gasteiger charge is -2.10. The van der Waals surface area contributed by atoms with Gasteiger partial charge in [-0.15, -0.1) is 0 Å². The van der Waals surface area contributed by atoms with Gasteiger partial charge in [-0.1, -0.05) is 0 Å². The number of hydrogen-bond donors (Lipinski definition) is 0. The van der Waals surface area contributed by atoms with Crippen molar-refractivity contribution in [2.45, 2.75) is 19.0 Å². The molecule has 21 heavy (non-hydrogen) atoms. The maximum atomic E-state index is 12.7. The fourth-order valence-corrected chi connectivity index (χ4v) is 1.74. The highest BCUT2D eigenvalue weighted by molar-refractivity contribution is 5.96. The molecule has 0 fully saturated rings. The third kappa shape index (κ3) is 5.14. The Hall–Kier alpha value is -1.96. The summed E-state index contributed by atoms with van der Waals surface area (Å²) in [6.45, 7) is 0.604. The fraction of sp³-hybridized carbons (Fsp3) is 0.462. The summed E-state index contributed by atoms with van der Waals surface area (Å²) < 4.78 is 38.1. The fourth-order valence-electron chi connectivity index (χ4n) is 1.74. The molecule has 0 heterocycles. The summed E-state index contributed by atoms with van der Waals surface area (Å²) in [6.07, 6.45) is -4.22. The summed E-state index contributed by atoms with van der Waals surface area (Å²) >= 11 is 0. The minimum atomic E-state index is -4.73. The number of carbonyl (C=O) groups excluding carboxylic acids is 1. The molecule has 0 aromatic heterocycles. The molecule has 0 aliphatic carbocycles. The Morgan fingerprint density at radius 1 is 1.29 bits per heavy atom. The maximum Gasteiger partial charge on any atom is 0.416 e. The number of Topliss-reactive ketones (excluding diaryl/α,β-unsaturated/α-hetero) is 1. The Balaban J connectivity index is 3.03. The minimum Gasteiger partial charge on any atom is -0.309 e. The number of ketones is 1. The first-order valence-electron chi connectivity index (χ1n) is 6.16. The molecule has 0 aliphatic rings. The largest absolute Gasteiger partial charge is 0.416 e. The minimum absolute atomic E-state index is 0.0383. The second-order valence-corrected chi connectivity index (χ2v) is 4.85. The molecule has 0 saturated carbocycles. The smallest absolute Gasteiger partial charge is 0.309 e. The highest BCUT2D eigenvalue weighted by atomic mass is 19.4. The van der Waals surface area contributed by atoms with Crippen molar-refractivity contribution < 1.29 is 22.9 Å². The first-order valence-corrected chi connectivity index (χ1v) is 6.16. The first-order chi connectivity index (χ1) is 9.61. The normalized spacial score (nSPS) is 11.7. The van der Waals surface area contributed by atoms with Gasteiger partial charge in [0.05, 0.1) is 10.5 Å². The Morgan fingerprint density at radius 2 is 1.90 bits per heavy atom. The van der Waals surface area contributed by atoms with E-state index in [0.717, 1.165) is 6.07 Å². The van der Waals surface area contributed by atoms with E-state index in [4.69, 9.17) is 0 Å². The summed E-state index contributed by atoms with van der Waals surface area (Å²) in [4.78, 5) is 23.4. The zero-order chi connectivity index (χ0) is 16.2. The number of non-ortho nitro benzene ring substituents is 1. The zero-order valence-electron chi connectivity index (χ0n) is 11.6. The number of carbonyl (C=O) groups is 1. The number of nitrogens with zero attached hydrogens (tertiary/aromatic N) is 2. The van der Waals surface area contributed by atoms with Crippen molar-refractivity contribution in [2.75, 3.05) is 20.6 Å². The molecular formula is C13H15F3N2O3. The van der Waals surface area contributed by atoms with E-state index in [0.29, 0.717) is 25.1 Å². The first kappa shape index (κ1) is 17.1. The van der Waals surface area contributed by atoms with Crippen LogP contribution in [-0.4, -0.2) is 36.2 Å². The lowest BCUT2D eigenvalue weighted by Crippen LogP contribution is -2.14. The number of hydrogen-bond acceptors (Lipinski definition) is 4. The van der Waals surface area contributed by atoms with Gasteiger partial charge in [-0.25, -0.2) is 0 Å². The molecule has 1 aromatic carbocycles. The molecular weight excluding hydrogens is 289 g/mol. The van der Waals surface area contributed by atoms with Crippen molar-refractivity contribution in [2.24, 2.45) is 0 Å². The Morgan fingerprint density at radius 3 is 2.38 bits per heavy atom. The molecule has 0 atom stereocenters. The second-order valence-electron chi connectivity index (χ2n) is 4.85. The van der Waals surface area contributed by atoms with Crippen LogP contribution in [0.15, 0.2) is 18.2 Å². The van der Waals surface area contributed by atoms with E-state index >= 15 is 0 Å². The Labute approximate surface area is 119 Å². The zero-order valence-corrected chi connectivity index (χ0v) is 11.6. The molecule has 8 heteroatoms. The average molecular weight is 304 g/mol. The van der Waals surface area contributed by atoms with E-state index in [-0.39, 0.29) is 12.0 Å². The van der Waals surface area contributed by atoms with E-state index in [9.17, 15) is 28.1 Å². The van der Waals surface area contributed by atoms with Gasteiger partial charge in [0.15, 0.2) is 5.78 Å². The topological polar surface area (TPSA) is 63.5 Å². The Bertz CT molecular complexity index is 542. The van der Waals surface area contributed by atoms with Crippen molar-refractivity contribution in [3.63, 3.8) is 0 Å². The van der Waals surface area contributed by atoms with Crippen molar-refractivity contribution in [1.29, 1.82) is 0 Å². The van der Waals surface area contributed by atoms with Gasteiger partial charge in [0.25, 0.3) is 5.69 Å². The summed E-state index contributed by atoms with van der Waals surface area (Å²) in [5, 5.41) is 10.7. The van der Waals surface area contributed by atoms with Crippen LogP contribution in [0.25, 0.3) is 0 Å². The molecule has 1 aromatic rings. The Kier molecular flexibility index (Phi) is 5.42. The summed E-state index contributed by atoms with van der Waals surface area (Å²) in [5.74, 6) is -0.536. The molecule has 1 rings (SSSR count). The molecule has 0 N–H and O–H groups in total. The van der Waals surface area contributed by atoms with Gasteiger partial charge in [0.1, 0.15) is 0 Å². The van der Waals surface area contributed by atoms with Crippen LogP contribution >= 0.6 is 0 Å². The molecule has 116 valence electrons. The number of rotatable bonds is 6. The van der Waals surface area contributed by atoms with Gasteiger partial charge in [-0.2, -0.15) is 13.2 Å². The van der Waals surface area contributed by atoms with Crippen LogP contribution in [0.2, 0.25) is 0 Å². The van der Waals surface area contributed by atoms with Crippen LogP contribution in [0.5, 0.6) is 0 Å². The average Bonchev–Trinajstić information content (AvgIpc) is 2.36. The van der Waals surface area contributed by atoms with Crippen LogP contribution in [0, 0.1) is 10.1 Å². The molecule has 0 amide bonds. The van der Waals surface area contributed by atoms with E-state index in [2.05, 4.69) is 0 Å². The number of benzene rings is 1. The van der Waals surface area contributed by atoms with Crippen molar-refractivity contribution >= 4 is 11.5 Å². The SMILES string of the molecule is CN(C)CCCC(=O)c1cc([N+](=O)[O-])cc(C(F)(F)F)c1. The van der Waals surface area contributed by atoms with Crippen molar-refractivity contribution in [1.82, 2.24) is 4.90 Å². The third-order valence-electron chi connectivity index (χ3n) is 2.79. The van der Waals surface area contributed by atoms with Gasteiger partial charge < -0.3 is 4.90 Å². The molecule has 0 saturated heterocycles. The van der Waals surface area contributed by atoms with E-state index in [1.54, 1.807) is 14.1 Å². The van der Waals surface area contributed by atoms with Gasteiger partial charge in [0.2, 0.25) is 0 Å². The molecule has 0 spiro atoms. The number of nitro benzene ring substituents is 1. The summed E-state index contributed by atoms with van der Waals surface area (Å²) in [7, 11) is 3.61. The molecule has 0 aliphatic heterocycles. The lowest BCUT2D eigenvalue weighted by atomic mass is 10.0. The van der Waals surface area contributed by atoms with Gasteiger partial charge in [0, 0.05) is 24.1 Å². The highest BCUT2D eigenvalue weighted by Crippen LogP contribution is 2.32. The van der Waals surface area contributed by atoms with E-state index < -0.39 is 28.1 Å². The van der Waals surface area contributed by atoms with Gasteiger partial charge >= 0.3 is 6.18 Å². The molecule has 0 bridgehead atoms. The quantitative estimate of drug-likeness (QED) is 0.460. The van der Waals surface area contributed by atoms with Gasteiger partial charge in [-0.3, -0.25) is 14.9 Å². The number of nitro groups is 1. The molecule has 5 nitrogen and oxygen atoms in total. The van der Waals surface area contributed by atoms with Crippen LogP contribution in [-0.2, 0) is 6.18 Å². The highest BCUT2D eigenvalue weighted by Gasteiger charge is 2.33. The van der Waals surface area contributed by atoms with Crippen LogP contribution in [0.4, 0.5) is 18.9 Å². The maximum absolute atomic E-state index is 12.7. The number of halogens is 3. The van der Waals surface area contributed by atoms with Crippen LogP contribution < -0.4 is 0 Å². The van der Waals surface area contributed by atoms with Crippen molar-refractivity contribution in [3.05, 3.63) is 39.4 Å². The lowest BCUT2D eigenvalue weighted by molar-refractivity contribution is -0.385. The predicted octanol–water partition coefficient (Wildman–Crippen LogP) is 3.14. The summed E-state index contributed by atoms with van der Waals surface area (Å²) in [6, 6.07) is 1.97. The predicted molar refractivity (Wildman–Crippen MR) is 70.2 cm³/mol. The summed E-state index contributed by atoms with van der Waals surface area (Å²) in [5.41, 5.74) is -2.20. The molecule has 0 unspecified atom stereocenters. The van der Waals surface area contributed by atoms with Crippen LogP contribution in [0.1, 0.15) is 28.8 Å².